The molecule has 3 heteroatoms. The van der Waals surface area contributed by atoms with Gasteiger partial charge in [0.15, 0.2) is 0 Å². The molecule has 1 aromatic carbocycles. The standard InChI is InChI=1S/C13H10FNO/c14-12-5-6-13(15-9-12)11-3-1-10(2-4-11)7-8-16/h1-6,8-9H,7H2. The first-order valence-corrected chi connectivity index (χ1v) is 4.94. The van der Waals surface area contributed by atoms with E-state index in [1.54, 1.807) is 6.07 Å². The molecule has 0 saturated heterocycles. The van der Waals surface area contributed by atoms with Gasteiger partial charge >= 0.3 is 0 Å². The highest BCUT2D eigenvalue weighted by Gasteiger charge is 1.99. The van der Waals surface area contributed by atoms with Crippen molar-refractivity contribution in [2.75, 3.05) is 0 Å². The van der Waals surface area contributed by atoms with Crippen molar-refractivity contribution in [3.8, 4) is 11.3 Å². The van der Waals surface area contributed by atoms with Crippen molar-refractivity contribution in [2.24, 2.45) is 0 Å². The Morgan fingerprint density at radius 2 is 1.88 bits per heavy atom. The lowest BCUT2D eigenvalue weighted by molar-refractivity contribution is -0.107. The van der Waals surface area contributed by atoms with Gasteiger partial charge in [0.1, 0.15) is 12.1 Å². The molecular weight excluding hydrogens is 205 g/mol. The molecular formula is C13H10FNO. The fraction of sp³-hybridized carbons (Fsp3) is 0.0769. The fourth-order valence-electron chi connectivity index (χ4n) is 1.45. The van der Waals surface area contributed by atoms with Gasteiger partial charge in [-0.05, 0) is 17.7 Å². The first kappa shape index (κ1) is 10.5. The number of carbonyl (C=O) groups excluding carboxylic acids is 1. The molecule has 1 heterocycles. The summed E-state index contributed by atoms with van der Waals surface area (Å²) in [4.78, 5) is 14.3. The molecule has 80 valence electrons. The Kier molecular flexibility index (Phi) is 3.05. The fourth-order valence-corrected chi connectivity index (χ4v) is 1.45. The molecule has 2 nitrogen and oxygen atoms in total. The van der Waals surface area contributed by atoms with E-state index < -0.39 is 0 Å². The molecule has 0 spiro atoms. The first-order valence-electron chi connectivity index (χ1n) is 4.94. The molecule has 0 fully saturated rings. The van der Waals surface area contributed by atoms with Crippen LogP contribution in [0, 0.1) is 5.82 Å². The monoisotopic (exact) mass is 215 g/mol. The second-order valence-corrected chi connectivity index (χ2v) is 3.43. The third-order valence-corrected chi connectivity index (χ3v) is 2.30. The third-order valence-electron chi connectivity index (χ3n) is 2.30. The minimum absolute atomic E-state index is 0.346. The maximum Gasteiger partial charge on any atom is 0.141 e. The summed E-state index contributed by atoms with van der Waals surface area (Å²) in [5.41, 5.74) is 2.59. The van der Waals surface area contributed by atoms with E-state index in [9.17, 15) is 9.18 Å². The number of pyridine rings is 1. The van der Waals surface area contributed by atoms with E-state index in [-0.39, 0.29) is 5.82 Å². The van der Waals surface area contributed by atoms with Crippen molar-refractivity contribution in [3.63, 3.8) is 0 Å². The largest absolute Gasteiger partial charge is 0.303 e. The Morgan fingerprint density at radius 3 is 2.44 bits per heavy atom. The number of aromatic nitrogens is 1. The number of halogens is 1. The number of aldehydes is 1. The second-order valence-electron chi connectivity index (χ2n) is 3.43. The third kappa shape index (κ3) is 2.31. The van der Waals surface area contributed by atoms with Crippen LogP contribution in [0.2, 0.25) is 0 Å². The van der Waals surface area contributed by atoms with Crippen molar-refractivity contribution in [2.45, 2.75) is 6.42 Å². The van der Waals surface area contributed by atoms with Crippen LogP contribution in [0.25, 0.3) is 11.3 Å². The van der Waals surface area contributed by atoms with E-state index >= 15 is 0 Å². The summed E-state index contributed by atoms with van der Waals surface area (Å²) in [5, 5.41) is 0. The Labute approximate surface area is 92.8 Å². The summed E-state index contributed by atoms with van der Waals surface area (Å²) >= 11 is 0. The molecule has 0 atom stereocenters. The molecule has 0 aliphatic carbocycles. The molecule has 0 bridgehead atoms. The summed E-state index contributed by atoms with van der Waals surface area (Å²) in [6, 6.07) is 10.5. The van der Waals surface area contributed by atoms with E-state index in [1.165, 1.54) is 12.3 Å². The van der Waals surface area contributed by atoms with Gasteiger partial charge in [0.05, 0.1) is 11.9 Å². The summed E-state index contributed by atoms with van der Waals surface area (Å²) in [6.45, 7) is 0. The van der Waals surface area contributed by atoms with E-state index in [0.29, 0.717) is 6.42 Å². The van der Waals surface area contributed by atoms with Crippen LogP contribution >= 0.6 is 0 Å². The van der Waals surface area contributed by atoms with Crippen molar-refractivity contribution >= 4 is 6.29 Å². The van der Waals surface area contributed by atoms with Crippen molar-refractivity contribution < 1.29 is 9.18 Å². The number of carbonyl (C=O) groups is 1. The van der Waals surface area contributed by atoms with Gasteiger partial charge in [-0.3, -0.25) is 4.98 Å². The van der Waals surface area contributed by atoms with Crippen molar-refractivity contribution in [1.82, 2.24) is 4.98 Å². The average molecular weight is 215 g/mol. The lowest BCUT2D eigenvalue weighted by atomic mass is 10.1. The van der Waals surface area contributed by atoms with Crippen LogP contribution in [0.1, 0.15) is 5.56 Å². The zero-order chi connectivity index (χ0) is 11.4. The molecule has 1 aromatic heterocycles. The van der Waals surface area contributed by atoms with Crippen molar-refractivity contribution in [3.05, 3.63) is 54.0 Å². The molecule has 0 amide bonds. The zero-order valence-electron chi connectivity index (χ0n) is 8.56. The lowest BCUT2D eigenvalue weighted by Crippen LogP contribution is -1.87. The first-order chi connectivity index (χ1) is 7.79. The number of benzene rings is 1. The summed E-state index contributed by atoms with van der Waals surface area (Å²) in [7, 11) is 0. The predicted octanol–water partition coefficient (Wildman–Crippen LogP) is 2.63. The lowest BCUT2D eigenvalue weighted by Gasteiger charge is -2.01. The SMILES string of the molecule is O=CCc1ccc(-c2ccc(F)cn2)cc1. The second kappa shape index (κ2) is 4.66. The summed E-state index contributed by atoms with van der Waals surface area (Å²) in [5.74, 6) is -0.346. The molecule has 0 radical (unpaired) electrons. The van der Waals surface area contributed by atoms with E-state index in [4.69, 9.17) is 0 Å². The minimum atomic E-state index is -0.346. The molecule has 0 aliphatic rings. The highest BCUT2D eigenvalue weighted by Crippen LogP contribution is 2.17. The molecule has 0 unspecified atom stereocenters. The van der Waals surface area contributed by atoms with Crippen LogP contribution in [-0.2, 0) is 11.2 Å². The molecule has 0 saturated carbocycles. The van der Waals surface area contributed by atoms with E-state index in [2.05, 4.69) is 4.98 Å². The van der Waals surface area contributed by atoms with Gasteiger partial charge in [0, 0.05) is 12.0 Å². The van der Waals surface area contributed by atoms with Gasteiger partial charge in [0.2, 0.25) is 0 Å². The summed E-state index contributed by atoms with van der Waals surface area (Å²) < 4.78 is 12.7. The smallest absolute Gasteiger partial charge is 0.141 e. The van der Waals surface area contributed by atoms with Crippen LogP contribution in [0.3, 0.4) is 0 Å². The predicted molar refractivity (Wildman–Crippen MR) is 59.4 cm³/mol. The highest BCUT2D eigenvalue weighted by molar-refractivity contribution is 5.61. The molecule has 16 heavy (non-hydrogen) atoms. The Balaban J connectivity index is 2.27. The maximum atomic E-state index is 12.7. The minimum Gasteiger partial charge on any atom is -0.303 e. The molecule has 2 rings (SSSR count). The van der Waals surface area contributed by atoms with Gasteiger partial charge < -0.3 is 4.79 Å². The van der Waals surface area contributed by atoms with Crippen LogP contribution in [-0.4, -0.2) is 11.3 Å². The van der Waals surface area contributed by atoms with Crippen molar-refractivity contribution in [1.29, 1.82) is 0 Å². The normalized spacial score (nSPS) is 10.1. The Morgan fingerprint density at radius 1 is 1.12 bits per heavy atom. The number of nitrogens with zero attached hydrogens (tertiary/aromatic N) is 1. The number of hydrogen-bond donors (Lipinski definition) is 0. The quantitative estimate of drug-likeness (QED) is 0.737. The van der Waals surface area contributed by atoms with Gasteiger partial charge in [-0.2, -0.15) is 0 Å². The van der Waals surface area contributed by atoms with Gasteiger partial charge in [-0.15, -0.1) is 0 Å². The van der Waals surface area contributed by atoms with Gasteiger partial charge in [-0.25, -0.2) is 4.39 Å². The molecule has 0 N–H and O–H groups in total. The van der Waals surface area contributed by atoms with Gasteiger partial charge in [-0.1, -0.05) is 24.3 Å². The van der Waals surface area contributed by atoms with E-state index in [0.717, 1.165) is 23.1 Å². The van der Waals surface area contributed by atoms with Gasteiger partial charge in [0.25, 0.3) is 0 Å². The maximum absolute atomic E-state index is 12.7. The Bertz CT molecular complexity index is 476. The average Bonchev–Trinajstić information content (AvgIpc) is 2.32. The molecule has 2 aromatic rings. The Hall–Kier alpha value is -2.03. The summed E-state index contributed by atoms with van der Waals surface area (Å²) in [6.07, 6.45) is 2.47. The topological polar surface area (TPSA) is 30.0 Å². The van der Waals surface area contributed by atoms with Crippen LogP contribution in [0.5, 0.6) is 0 Å². The molecule has 0 aliphatic heterocycles. The van der Waals surface area contributed by atoms with E-state index in [1.807, 2.05) is 24.3 Å². The van der Waals surface area contributed by atoms with Crippen LogP contribution in [0.4, 0.5) is 4.39 Å². The van der Waals surface area contributed by atoms with Crippen LogP contribution < -0.4 is 0 Å². The number of hydrogen-bond acceptors (Lipinski definition) is 2. The highest BCUT2D eigenvalue weighted by atomic mass is 19.1. The zero-order valence-corrected chi connectivity index (χ0v) is 8.56. The van der Waals surface area contributed by atoms with Crippen LogP contribution in [0.15, 0.2) is 42.6 Å². The number of rotatable bonds is 3.